The summed E-state index contributed by atoms with van der Waals surface area (Å²) in [6.07, 6.45) is 2.28. The summed E-state index contributed by atoms with van der Waals surface area (Å²) in [5.74, 6) is 0.368. The highest BCUT2D eigenvalue weighted by atomic mass is 35.5. The molecule has 2 aromatic carbocycles. The van der Waals surface area contributed by atoms with Gasteiger partial charge in [-0.15, -0.1) is 0 Å². The smallest absolute Gasteiger partial charge is 0.287 e. The first-order chi connectivity index (χ1) is 14.5. The van der Waals surface area contributed by atoms with Crippen molar-refractivity contribution in [3.63, 3.8) is 0 Å². The number of ether oxygens (including phenoxy) is 1. The number of nitrogens with one attached hydrogen (secondary N) is 1. The van der Waals surface area contributed by atoms with Gasteiger partial charge in [0.2, 0.25) is 0 Å². The Balaban J connectivity index is 1.54. The third-order valence-electron chi connectivity index (χ3n) is 5.45. The van der Waals surface area contributed by atoms with E-state index in [2.05, 4.69) is 10.2 Å². The van der Waals surface area contributed by atoms with Crippen LogP contribution >= 0.6 is 11.6 Å². The van der Waals surface area contributed by atoms with Crippen LogP contribution in [0.4, 0.5) is 0 Å². The van der Waals surface area contributed by atoms with Gasteiger partial charge in [-0.25, -0.2) is 0 Å². The summed E-state index contributed by atoms with van der Waals surface area (Å²) in [5, 5.41) is 3.73. The zero-order valence-electron chi connectivity index (χ0n) is 16.7. The van der Waals surface area contributed by atoms with E-state index in [0.29, 0.717) is 22.5 Å². The Morgan fingerprint density at radius 3 is 2.60 bits per heavy atom. The third kappa shape index (κ3) is 4.35. The zero-order valence-corrected chi connectivity index (χ0v) is 17.4. The lowest BCUT2D eigenvalue weighted by Gasteiger charge is -2.28. The monoisotopic (exact) mass is 426 g/mol. The Kier molecular flexibility index (Phi) is 6.06. The number of methoxy groups -OCH3 is 1. The van der Waals surface area contributed by atoms with Crippen molar-refractivity contribution in [2.75, 3.05) is 26.7 Å². The number of carbonyl (C=O) groups excluding carboxylic acids is 1. The van der Waals surface area contributed by atoms with E-state index in [1.807, 2.05) is 24.3 Å². The molecule has 0 bridgehead atoms. The summed E-state index contributed by atoms with van der Waals surface area (Å²) in [5.41, 5.74) is 1.14. The van der Waals surface area contributed by atoms with Crippen LogP contribution < -0.4 is 15.5 Å². The van der Waals surface area contributed by atoms with E-state index in [-0.39, 0.29) is 17.2 Å². The average molecular weight is 427 g/mol. The molecule has 156 valence electrons. The Bertz CT molecular complexity index is 1100. The van der Waals surface area contributed by atoms with Gasteiger partial charge in [0, 0.05) is 17.6 Å². The lowest BCUT2D eigenvalue weighted by Crippen LogP contribution is -2.37. The van der Waals surface area contributed by atoms with E-state index in [1.165, 1.54) is 12.1 Å². The van der Waals surface area contributed by atoms with E-state index in [4.69, 9.17) is 20.8 Å². The predicted molar refractivity (Wildman–Crippen MR) is 116 cm³/mol. The van der Waals surface area contributed by atoms with Crippen LogP contribution in [0.3, 0.4) is 0 Å². The minimum atomic E-state index is -0.415. The third-order valence-corrected chi connectivity index (χ3v) is 5.69. The van der Waals surface area contributed by atoms with Crippen molar-refractivity contribution in [3.8, 4) is 5.75 Å². The lowest BCUT2D eigenvalue weighted by molar-refractivity contribution is 0.0910. The summed E-state index contributed by atoms with van der Waals surface area (Å²) in [6, 6.07) is 13.9. The molecule has 0 radical (unpaired) electrons. The molecule has 1 aliphatic heterocycles. The summed E-state index contributed by atoms with van der Waals surface area (Å²) in [7, 11) is 1.64. The Morgan fingerprint density at radius 1 is 1.17 bits per heavy atom. The zero-order chi connectivity index (χ0) is 21.1. The van der Waals surface area contributed by atoms with Gasteiger partial charge in [0.1, 0.15) is 11.3 Å². The van der Waals surface area contributed by atoms with Crippen LogP contribution in [0.1, 0.15) is 35.0 Å². The molecule has 1 atom stereocenters. The summed E-state index contributed by atoms with van der Waals surface area (Å²) in [6.45, 7) is 2.38. The van der Waals surface area contributed by atoms with Gasteiger partial charge in [0.05, 0.1) is 18.5 Å². The molecule has 0 aliphatic carbocycles. The molecular weight excluding hydrogens is 404 g/mol. The van der Waals surface area contributed by atoms with E-state index in [0.717, 1.165) is 37.2 Å². The fourth-order valence-corrected chi connectivity index (χ4v) is 4.03. The number of hydrogen-bond donors (Lipinski definition) is 1. The minimum absolute atomic E-state index is 0.00951. The van der Waals surface area contributed by atoms with Gasteiger partial charge in [0.15, 0.2) is 11.2 Å². The lowest BCUT2D eigenvalue weighted by atomic mass is 10.1. The van der Waals surface area contributed by atoms with E-state index in [1.54, 1.807) is 19.2 Å². The fraction of sp³-hybridized carbons (Fsp3) is 0.304. The van der Waals surface area contributed by atoms with Crippen LogP contribution in [0.5, 0.6) is 5.75 Å². The van der Waals surface area contributed by atoms with Gasteiger partial charge in [0.25, 0.3) is 5.91 Å². The normalized spacial score (nSPS) is 15.3. The van der Waals surface area contributed by atoms with Crippen molar-refractivity contribution < 1.29 is 13.9 Å². The molecule has 2 heterocycles. The number of halogens is 1. The highest BCUT2D eigenvalue weighted by molar-refractivity contribution is 6.31. The summed E-state index contributed by atoms with van der Waals surface area (Å²) < 4.78 is 10.9. The number of fused-ring (bicyclic) bond motifs is 1. The van der Waals surface area contributed by atoms with Gasteiger partial charge in [-0.2, -0.15) is 0 Å². The number of hydrogen-bond acceptors (Lipinski definition) is 5. The van der Waals surface area contributed by atoms with Gasteiger partial charge in [-0.05, 0) is 61.8 Å². The van der Waals surface area contributed by atoms with Crippen molar-refractivity contribution >= 4 is 28.5 Å². The molecule has 6 nitrogen and oxygen atoms in total. The summed E-state index contributed by atoms with van der Waals surface area (Å²) in [4.78, 5) is 27.5. The van der Waals surface area contributed by atoms with E-state index < -0.39 is 5.91 Å². The second kappa shape index (κ2) is 8.90. The Morgan fingerprint density at radius 2 is 1.90 bits per heavy atom. The molecule has 1 amide bonds. The minimum Gasteiger partial charge on any atom is -0.497 e. The number of likely N-dealkylation sites (tertiary alicyclic amines) is 1. The molecule has 30 heavy (non-hydrogen) atoms. The molecule has 1 saturated heterocycles. The molecule has 0 saturated carbocycles. The molecule has 1 fully saturated rings. The SMILES string of the molecule is COc1ccc(C(CNC(=O)c2cc(=O)c3cc(Cl)ccc3o2)N2CCCC2)cc1. The predicted octanol–water partition coefficient (Wildman–Crippen LogP) is 4.02. The molecule has 0 spiro atoms. The molecule has 7 heteroatoms. The van der Waals surface area contributed by atoms with Crippen LogP contribution in [0.2, 0.25) is 5.02 Å². The molecule has 1 aromatic heterocycles. The van der Waals surface area contributed by atoms with Crippen molar-refractivity contribution in [2.24, 2.45) is 0 Å². The summed E-state index contributed by atoms with van der Waals surface area (Å²) >= 11 is 5.94. The number of amides is 1. The molecule has 4 rings (SSSR count). The van der Waals surface area contributed by atoms with Crippen LogP contribution in [0.25, 0.3) is 11.0 Å². The Labute approximate surface area is 179 Å². The standard InChI is InChI=1S/C23H23ClN2O4/c1-29-17-7-4-15(5-8-17)19(26-10-2-3-11-26)14-25-23(28)22-13-20(27)18-12-16(24)6-9-21(18)30-22/h4-9,12-13,19H,2-3,10-11,14H2,1H3,(H,25,28). The van der Waals surface area contributed by atoms with Crippen LogP contribution in [-0.4, -0.2) is 37.6 Å². The van der Waals surface area contributed by atoms with Gasteiger partial charge in [-0.1, -0.05) is 23.7 Å². The van der Waals surface area contributed by atoms with E-state index in [9.17, 15) is 9.59 Å². The number of carbonyl (C=O) groups is 1. The second-order valence-electron chi connectivity index (χ2n) is 7.36. The molecule has 3 aromatic rings. The first-order valence-corrected chi connectivity index (χ1v) is 10.3. The van der Waals surface area contributed by atoms with Crippen LogP contribution in [0.15, 0.2) is 57.7 Å². The quantitative estimate of drug-likeness (QED) is 0.644. The van der Waals surface area contributed by atoms with E-state index >= 15 is 0 Å². The average Bonchev–Trinajstić information content (AvgIpc) is 3.29. The molecule has 1 N–H and O–H groups in total. The van der Waals surface area contributed by atoms with Gasteiger partial charge >= 0.3 is 0 Å². The first kappa shape index (κ1) is 20.4. The van der Waals surface area contributed by atoms with Gasteiger partial charge in [-0.3, -0.25) is 14.5 Å². The second-order valence-corrected chi connectivity index (χ2v) is 7.79. The van der Waals surface area contributed by atoms with Crippen molar-refractivity contribution in [3.05, 3.63) is 75.1 Å². The highest BCUT2D eigenvalue weighted by Gasteiger charge is 2.24. The largest absolute Gasteiger partial charge is 0.497 e. The van der Waals surface area contributed by atoms with Crippen molar-refractivity contribution in [1.29, 1.82) is 0 Å². The van der Waals surface area contributed by atoms with Crippen molar-refractivity contribution in [2.45, 2.75) is 18.9 Å². The maximum Gasteiger partial charge on any atom is 0.287 e. The molecule has 1 aliphatic rings. The first-order valence-electron chi connectivity index (χ1n) is 9.95. The van der Waals surface area contributed by atoms with Crippen molar-refractivity contribution in [1.82, 2.24) is 10.2 Å². The fourth-order valence-electron chi connectivity index (χ4n) is 3.85. The number of rotatable bonds is 6. The molecular formula is C23H23ClN2O4. The topological polar surface area (TPSA) is 71.8 Å². The van der Waals surface area contributed by atoms with Gasteiger partial charge < -0.3 is 14.5 Å². The maximum atomic E-state index is 12.8. The van der Waals surface area contributed by atoms with Crippen LogP contribution in [0, 0.1) is 0 Å². The van der Waals surface area contributed by atoms with Crippen LogP contribution in [-0.2, 0) is 0 Å². The Hall–Kier alpha value is -2.83. The number of benzene rings is 2. The molecule has 1 unspecified atom stereocenters. The number of nitrogens with zero attached hydrogens (tertiary/aromatic N) is 1. The maximum absolute atomic E-state index is 12.8. The highest BCUT2D eigenvalue weighted by Crippen LogP contribution is 2.26.